The van der Waals surface area contributed by atoms with Gasteiger partial charge in [-0.1, -0.05) is 25.7 Å². The predicted molar refractivity (Wildman–Crippen MR) is 69.9 cm³/mol. The van der Waals surface area contributed by atoms with E-state index in [1.54, 1.807) is 0 Å². The lowest BCUT2D eigenvalue weighted by Crippen LogP contribution is -2.33. The summed E-state index contributed by atoms with van der Waals surface area (Å²) in [5, 5.41) is 3.23. The summed E-state index contributed by atoms with van der Waals surface area (Å²) in [4.78, 5) is 11.5. The van der Waals surface area contributed by atoms with Crippen LogP contribution in [0.15, 0.2) is 0 Å². The molecule has 3 heteroatoms. The van der Waals surface area contributed by atoms with Gasteiger partial charge in [0.05, 0.1) is 6.54 Å². The second-order valence-corrected chi connectivity index (χ2v) is 6.07. The maximum Gasteiger partial charge on any atom is 0.320 e. The molecule has 17 heavy (non-hydrogen) atoms. The highest BCUT2D eigenvalue weighted by Gasteiger charge is 2.17. The Morgan fingerprint density at radius 1 is 1.18 bits per heavy atom. The molecule has 1 N–H and O–H groups in total. The fourth-order valence-electron chi connectivity index (χ4n) is 2.32. The minimum absolute atomic E-state index is 0.147. The quantitative estimate of drug-likeness (QED) is 0.607. The number of hydrogen-bond acceptors (Lipinski definition) is 3. The van der Waals surface area contributed by atoms with Crippen LogP contribution >= 0.6 is 0 Å². The molecule has 0 spiro atoms. The van der Waals surface area contributed by atoms with Crippen LogP contribution in [0.4, 0.5) is 0 Å². The number of rotatable bonds is 4. The van der Waals surface area contributed by atoms with Gasteiger partial charge >= 0.3 is 5.97 Å². The zero-order valence-corrected chi connectivity index (χ0v) is 11.6. The van der Waals surface area contributed by atoms with Crippen LogP contribution < -0.4 is 5.32 Å². The van der Waals surface area contributed by atoms with Crippen LogP contribution in [-0.2, 0) is 9.53 Å². The number of nitrogens with one attached hydrogen (secondary N) is 1. The molecule has 1 aliphatic rings. The first-order valence-electron chi connectivity index (χ1n) is 6.90. The number of carbonyl (C=O) groups excluding carboxylic acids is 1. The Balaban J connectivity index is 2.12. The summed E-state index contributed by atoms with van der Waals surface area (Å²) < 4.78 is 5.25. The van der Waals surface area contributed by atoms with Gasteiger partial charge in [-0.3, -0.25) is 4.79 Å². The molecule has 0 saturated heterocycles. The van der Waals surface area contributed by atoms with Crippen LogP contribution in [0.25, 0.3) is 0 Å². The molecule has 0 atom stereocenters. The van der Waals surface area contributed by atoms with Crippen molar-refractivity contribution < 1.29 is 9.53 Å². The zero-order chi connectivity index (χ0) is 12.7. The van der Waals surface area contributed by atoms with Gasteiger partial charge in [0.15, 0.2) is 0 Å². The van der Waals surface area contributed by atoms with E-state index in [0.29, 0.717) is 6.54 Å². The number of ether oxygens (including phenoxy) is 1. The van der Waals surface area contributed by atoms with Crippen molar-refractivity contribution >= 4 is 5.97 Å². The number of esters is 1. The van der Waals surface area contributed by atoms with Crippen molar-refractivity contribution in [3.63, 3.8) is 0 Å². The van der Waals surface area contributed by atoms with Gasteiger partial charge in [-0.25, -0.2) is 0 Å². The van der Waals surface area contributed by atoms with E-state index in [4.69, 9.17) is 4.74 Å². The van der Waals surface area contributed by atoms with Gasteiger partial charge in [-0.05, 0) is 46.1 Å². The summed E-state index contributed by atoms with van der Waals surface area (Å²) in [5.41, 5.74) is -0.374. The molecule has 0 aromatic carbocycles. The van der Waals surface area contributed by atoms with Crippen LogP contribution in [0, 0.1) is 5.92 Å². The number of hydrogen-bond donors (Lipinski definition) is 1. The van der Waals surface area contributed by atoms with E-state index in [0.717, 1.165) is 12.5 Å². The Hall–Kier alpha value is -0.570. The Morgan fingerprint density at radius 3 is 2.29 bits per heavy atom. The second kappa shape index (κ2) is 7.00. The molecule has 1 fully saturated rings. The van der Waals surface area contributed by atoms with Gasteiger partial charge in [0.1, 0.15) is 5.60 Å². The predicted octanol–water partition coefficient (Wildman–Crippen LogP) is 2.89. The highest BCUT2D eigenvalue weighted by Crippen LogP contribution is 2.21. The summed E-state index contributed by atoms with van der Waals surface area (Å²) in [5.74, 6) is 0.603. The van der Waals surface area contributed by atoms with Crippen molar-refractivity contribution in [3.8, 4) is 0 Å². The molecule has 100 valence electrons. The molecule has 0 heterocycles. The first-order valence-corrected chi connectivity index (χ1v) is 6.90. The van der Waals surface area contributed by atoms with E-state index < -0.39 is 0 Å². The Labute approximate surface area is 105 Å². The van der Waals surface area contributed by atoms with Crippen molar-refractivity contribution in [2.45, 2.75) is 64.9 Å². The lowest BCUT2D eigenvalue weighted by molar-refractivity contribution is -0.153. The molecule has 0 radical (unpaired) electrons. The first-order chi connectivity index (χ1) is 7.97. The Bertz CT molecular complexity index is 225. The molecule has 0 aliphatic heterocycles. The lowest BCUT2D eigenvalue weighted by atomic mass is 10.0. The van der Waals surface area contributed by atoms with Gasteiger partial charge in [-0.15, -0.1) is 0 Å². The summed E-state index contributed by atoms with van der Waals surface area (Å²) in [7, 11) is 0. The first kappa shape index (κ1) is 14.5. The summed E-state index contributed by atoms with van der Waals surface area (Å²) in [6.45, 7) is 7.00. The summed E-state index contributed by atoms with van der Waals surface area (Å²) in [6, 6.07) is 0. The van der Waals surface area contributed by atoms with Crippen molar-refractivity contribution in [3.05, 3.63) is 0 Å². The van der Waals surface area contributed by atoms with Crippen molar-refractivity contribution in [2.24, 2.45) is 5.92 Å². The Morgan fingerprint density at radius 2 is 1.76 bits per heavy atom. The third-order valence-electron chi connectivity index (χ3n) is 3.10. The number of carbonyl (C=O) groups is 1. The molecule has 0 aromatic heterocycles. The molecule has 0 aromatic rings. The molecule has 0 amide bonds. The molecular formula is C14H27NO2. The standard InChI is InChI=1S/C14H27NO2/c1-14(2,3)17-13(16)11-15-10-12-8-6-4-5-7-9-12/h12,15H,4-11H2,1-3H3. The highest BCUT2D eigenvalue weighted by molar-refractivity contribution is 5.72. The molecular weight excluding hydrogens is 214 g/mol. The van der Waals surface area contributed by atoms with Crippen molar-refractivity contribution in [1.82, 2.24) is 5.32 Å². The molecule has 1 saturated carbocycles. The van der Waals surface area contributed by atoms with E-state index in [1.807, 2.05) is 20.8 Å². The van der Waals surface area contributed by atoms with Gasteiger partial charge < -0.3 is 10.1 Å². The van der Waals surface area contributed by atoms with Gasteiger partial charge in [0.2, 0.25) is 0 Å². The minimum Gasteiger partial charge on any atom is -0.459 e. The zero-order valence-electron chi connectivity index (χ0n) is 11.6. The third-order valence-corrected chi connectivity index (χ3v) is 3.10. The molecule has 3 nitrogen and oxygen atoms in total. The monoisotopic (exact) mass is 241 g/mol. The minimum atomic E-state index is -0.374. The van der Waals surface area contributed by atoms with Gasteiger partial charge in [0, 0.05) is 0 Å². The van der Waals surface area contributed by atoms with E-state index >= 15 is 0 Å². The SMILES string of the molecule is CC(C)(C)OC(=O)CNCC1CCCCCC1. The highest BCUT2D eigenvalue weighted by atomic mass is 16.6. The van der Waals surface area contributed by atoms with Crippen molar-refractivity contribution in [2.75, 3.05) is 13.1 Å². The molecule has 0 unspecified atom stereocenters. The fraction of sp³-hybridized carbons (Fsp3) is 0.929. The van der Waals surface area contributed by atoms with Gasteiger partial charge in [-0.2, -0.15) is 0 Å². The maximum atomic E-state index is 11.5. The normalized spacial score (nSPS) is 18.8. The molecule has 1 aliphatic carbocycles. The molecule has 0 bridgehead atoms. The smallest absolute Gasteiger partial charge is 0.320 e. The van der Waals surface area contributed by atoms with Crippen LogP contribution in [0.5, 0.6) is 0 Å². The van der Waals surface area contributed by atoms with Crippen molar-refractivity contribution in [1.29, 1.82) is 0 Å². The van der Waals surface area contributed by atoms with E-state index in [9.17, 15) is 4.79 Å². The maximum absolute atomic E-state index is 11.5. The third kappa shape index (κ3) is 7.37. The average Bonchev–Trinajstić information content (AvgIpc) is 2.43. The van der Waals surface area contributed by atoms with E-state index in [2.05, 4.69) is 5.32 Å². The average molecular weight is 241 g/mol. The lowest BCUT2D eigenvalue weighted by Gasteiger charge is -2.20. The van der Waals surface area contributed by atoms with Crippen LogP contribution in [0.1, 0.15) is 59.3 Å². The topological polar surface area (TPSA) is 38.3 Å². The second-order valence-electron chi connectivity index (χ2n) is 6.07. The summed E-state index contributed by atoms with van der Waals surface area (Å²) >= 11 is 0. The van der Waals surface area contributed by atoms with Crippen LogP contribution in [0.2, 0.25) is 0 Å². The Kier molecular flexibility index (Phi) is 5.96. The summed E-state index contributed by atoms with van der Waals surface area (Å²) in [6.07, 6.45) is 8.06. The van der Waals surface area contributed by atoms with E-state index in [-0.39, 0.29) is 11.6 Å². The van der Waals surface area contributed by atoms with Crippen LogP contribution in [0.3, 0.4) is 0 Å². The van der Waals surface area contributed by atoms with E-state index in [1.165, 1.54) is 38.5 Å². The largest absolute Gasteiger partial charge is 0.459 e. The molecule has 1 rings (SSSR count). The fourth-order valence-corrected chi connectivity index (χ4v) is 2.32. The van der Waals surface area contributed by atoms with Crippen LogP contribution in [-0.4, -0.2) is 24.7 Å². The van der Waals surface area contributed by atoms with Gasteiger partial charge in [0.25, 0.3) is 0 Å².